The molecule has 106 valence electrons. The van der Waals surface area contributed by atoms with Crippen molar-refractivity contribution >= 4 is 28.2 Å². The fourth-order valence-corrected chi connectivity index (χ4v) is 3.81. The Balaban J connectivity index is 2.38. The van der Waals surface area contributed by atoms with Gasteiger partial charge in [0.15, 0.2) is 0 Å². The Labute approximate surface area is 121 Å². The number of nitriles is 1. The molecule has 0 aromatic carbocycles. The second-order valence-electron chi connectivity index (χ2n) is 4.93. The van der Waals surface area contributed by atoms with Gasteiger partial charge < -0.3 is 10.1 Å². The van der Waals surface area contributed by atoms with Gasteiger partial charge in [0.2, 0.25) is 5.91 Å². The first-order valence-corrected chi connectivity index (χ1v) is 7.28. The zero-order valence-electron chi connectivity index (χ0n) is 11.5. The molecule has 1 amide bonds. The van der Waals surface area contributed by atoms with Crippen LogP contribution in [-0.4, -0.2) is 19.0 Å². The van der Waals surface area contributed by atoms with E-state index in [0.29, 0.717) is 16.5 Å². The first kappa shape index (κ1) is 14.5. The van der Waals surface area contributed by atoms with Gasteiger partial charge in [-0.2, -0.15) is 5.26 Å². The van der Waals surface area contributed by atoms with Crippen molar-refractivity contribution in [3.63, 3.8) is 0 Å². The number of fused-ring (bicyclic) bond motifs is 1. The van der Waals surface area contributed by atoms with Gasteiger partial charge in [0.05, 0.1) is 18.7 Å². The molecule has 1 heterocycles. The van der Waals surface area contributed by atoms with Gasteiger partial charge in [-0.15, -0.1) is 11.3 Å². The van der Waals surface area contributed by atoms with E-state index in [9.17, 15) is 9.59 Å². The molecule has 0 radical (unpaired) electrons. The molecule has 0 saturated carbocycles. The number of rotatable bonds is 3. The number of methoxy groups -OCH3 is 1. The van der Waals surface area contributed by atoms with Crippen molar-refractivity contribution in [3.8, 4) is 6.07 Å². The summed E-state index contributed by atoms with van der Waals surface area (Å²) in [5, 5.41) is 11.7. The van der Waals surface area contributed by atoms with Crippen molar-refractivity contribution in [1.29, 1.82) is 5.26 Å². The maximum Gasteiger partial charge on any atom is 0.341 e. The lowest BCUT2D eigenvalue weighted by atomic mass is 9.88. The highest BCUT2D eigenvalue weighted by molar-refractivity contribution is 7.17. The van der Waals surface area contributed by atoms with Crippen LogP contribution in [0.3, 0.4) is 0 Å². The number of carbonyl (C=O) groups is 2. The average Bonchev–Trinajstić information content (AvgIpc) is 2.74. The lowest BCUT2D eigenvalue weighted by Crippen LogP contribution is -2.15. The Kier molecular flexibility index (Phi) is 4.40. The Morgan fingerprint density at radius 1 is 1.55 bits per heavy atom. The van der Waals surface area contributed by atoms with Crippen molar-refractivity contribution in [2.75, 3.05) is 12.4 Å². The van der Waals surface area contributed by atoms with Crippen LogP contribution in [0.4, 0.5) is 5.00 Å². The fraction of sp³-hybridized carbons (Fsp3) is 0.500. The predicted molar refractivity (Wildman–Crippen MR) is 75.7 cm³/mol. The Morgan fingerprint density at radius 3 is 2.95 bits per heavy atom. The third kappa shape index (κ3) is 2.83. The summed E-state index contributed by atoms with van der Waals surface area (Å²) in [7, 11) is 1.33. The second-order valence-corrected chi connectivity index (χ2v) is 6.04. The number of hydrogen-bond donors (Lipinski definition) is 1. The predicted octanol–water partition coefficient (Wildman–Crippen LogP) is 2.51. The molecule has 0 bridgehead atoms. The molecule has 1 N–H and O–H groups in total. The zero-order valence-corrected chi connectivity index (χ0v) is 12.3. The quantitative estimate of drug-likeness (QED) is 0.868. The van der Waals surface area contributed by atoms with E-state index in [2.05, 4.69) is 12.2 Å². The molecule has 1 aromatic rings. The van der Waals surface area contributed by atoms with Gasteiger partial charge in [0.1, 0.15) is 11.4 Å². The van der Waals surface area contributed by atoms with E-state index in [1.54, 1.807) is 6.07 Å². The number of carbonyl (C=O) groups excluding carboxylic acids is 2. The van der Waals surface area contributed by atoms with Crippen molar-refractivity contribution in [3.05, 3.63) is 16.0 Å². The molecule has 1 aliphatic rings. The van der Waals surface area contributed by atoms with E-state index < -0.39 is 11.9 Å². The molecule has 1 atom stereocenters. The number of ether oxygens (including phenoxy) is 1. The Bertz CT molecular complexity index is 586. The number of nitrogens with one attached hydrogen (secondary N) is 1. The Morgan fingerprint density at radius 2 is 2.30 bits per heavy atom. The molecular weight excluding hydrogens is 276 g/mol. The van der Waals surface area contributed by atoms with Crippen molar-refractivity contribution in [2.45, 2.75) is 32.6 Å². The van der Waals surface area contributed by atoms with Gasteiger partial charge in [-0.25, -0.2) is 4.79 Å². The molecule has 5 nitrogen and oxygen atoms in total. The number of amides is 1. The highest BCUT2D eigenvalue weighted by atomic mass is 32.1. The summed E-state index contributed by atoms with van der Waals surface area (Å²) < 4.78 is 4.82. The second kappa shape index (κ2) is 6.06. The molecule has 0 aliphatic heterocycles. The average molecular weight is 292 g/mol. The number of nitrogens with zero attached hydrogens (tertiary/aromatic N) is 1. The van der Waals surface area contributed by atoms with E-state index in [0.717, 1.165) is 29.7 Å². The van der Waals surface area contributed by atoms with Gasteiger partial charge in [-0.1, -0.05) is 6.92 Å². The first-order chi connectivity index (χ1) is 9.56. The molecule has 0 fully saturated rings. The molecule has 2 rings (SSSR count). The maximum absolute atomic E-state index is 12.0. The van der Waals surface area contributed by atoms with Crippen LogP contribution in [0.1, 0.15) is 40.6 Å². The summed E-state index contributed by atoms with van der Waals surface area (Å²) in [6.45, 7) is 2.18. The summed E-state index contributed by atoms with van der Waals surface area (Å²) in [4.78, 5) is 24.7. The van der Waals surface area contributed by atoms with Crippen LogP contribution < -0.4 is 5.32 Å². The van der Waals surface area contributed by atoms with Crippen LogP contribution in [-0.2, 0) is 22.4 Å². The monoisotopic (exact) mass is 292 g/mol. The third-order valence-electron chi connectivity index (χ3n) is 3.39. The standard InChI is InChI=1S/C14H16N2O3S/c1-8-3-4-9-10(7-8)20-13(12(9)14(18)19-2)16-11(17)5-6-15/h8H,3-5,7H2,1-2H3,(H,16,17)/t8-/m1/s1. The van der Waals surface area contributed by atoms with Gasteiger partial charge in [0.25, 0.3) is 0 Å². The number of thiophene rings is 1. The van der Waals surface area contributed by atoms with Crippen LogP contribution >= 0.6 is 11.3 Å². The third-order valence-corrected chi connectivity index (χ3v) is 4.56. The van der Waals surface area contributed by atoms with Crippen LogP contribution in [0.15, 0.2) is 0 Å². The Hall–Kier alpha value is -1.87. The van der Waals surface area contributed by atoms with Crippen LogP contribution in [0.2, 0.25) is 0 Å². The molecule has 1 aliphatic carbocycles. The van der Waals surface area contributed by atoms with Crippen molar-refractivity contribution in [2.24, 2.45) is 5.92 Å². The van der Waals surface area contributed by atoms with E-state index in [-0.39, 0.29) is 6.42 Å². The van der Waals surface area contributed by atoms with Gasteiger partial charge >= 0.3 is 5.97 Å². The molecule has 6 heteroatoms. The maximum atomic E-state index is 12.0. The minimum Gasteiger partial charge on any atom is -0.465 e. The fourth-order valence-electron chi connectivity index (χ4n) is 2.40. The highest BCUT2D eigenvalue weighted by Crippen LogP contribution is 2.40. The van der Waals surface area contributed by atoms with E-state index in [1.807, 2.05) is 0 Å². The van der Waals surface area contributed by atoms with Crippen LogP contribution in [0.5, 0.6) is 0 Å². The smallest absolute Gasteiger partial charge is 0.341 e. The van der Waals surface area contributed by atoms with E-state index >= 15 is 0 Å². The number of anilines is 1. The lowest BCUT2D eigenvalue weighted by molar-refractivity contribution is -0.115. The largest absolute Gasteiger partial charge is 0.465 e. The molecule has 0 unspecified atom stereocenters. The molecule has 0 spiro atoms. The summed E-state index contributed by atoms with van der Waals surface area (Å²) >= 11 is 1.42. The normalized spacial score (nSPS) is 16.9. The van der Waals surface area contributed by atoms with Crippen LogP contribution in [0, 0.1) is 17.2 Å². The van der Waals surface area contributed by atoms with Crippen LogP contribution in [0.25, 0.3) is 0 Å². The van der Waals surface area contributed by atoms with Crippen molar-refractivity contribution in [1.82, 2.24) is 0 Å². The van der Waals surface area contributed by atoms with E-state index in [1.165, 1.54) is 18.4 Å². The topological polar surface area (TPSA) is 79.2 Å². The lowest BCUT2D eigenvalue weighted by Gasteiger charge is -2.18. The number of hydrogen-bond acceptors (Lipinski definition) is 5. The summed E-state index contributed by atoms with van der Waals surface area (Å²) in [6.07, 6.45) is 2.54. The molecular formula is C14H16N2O3S. The minimum atomic E-state index is -0.427. The number of esters is 1. The minimum absolute atomic E-state index is 0.223. The van der Waals surface area contributed by atoms with Gasteiger partial charge in [-0.3, -0.25) is 4.79 Å². The van der Waals surface area contributed by atoms with E-state index in [4.69, 9.17) is 10.00 Å². The summed E-state index contributed by atoms with van der Waals surface area (Å²) in [5.74, 6) is -0.247. The first-order valence-electron chi connectivity index (χ1n) is 6.46. The SMILES string of the molecule is COC(=O)c1c(NC(=O)CC#N)sc2c1CC[C@@H](C)C2. The molecule has 1 aromatic heterocycles. The van der Waals surface area contributed by atoms with Gasteiger partial charge in [0, 0.05) is 4.88 Å². The molecule has 0 saturated heterocycles. The van der Waals surface area contributed by atoms with Crippen molar-refractivity contribution < 1.29 is 14.3 Å². The zero-order chi connectivity index (χ0) is 14.7. The highest BCUT2D eigenvalue weighted by Gasteiger charge is 2.28. The molecule has 20 heavy (non-hydrogen) atoms. The van der Waals surface area contributed by atoms with Gasteiger partial charge in [-0.05, 0) is 30.7 Å². The summed E-state index contributed by atoms with van der Waals surface area (Å²) in [6, 6.07) is 1.80. The summed E-state index contributed by atoms with van der Waals surface area (Å²) in [5.41, 5.74) is 1.46.